The van der Waals surface area contributed by atoms with Crippen molar-refractivity contribution in [2.75, 3.05) is 0 Å². The first-order chi connectivity index (χ1) is 7.66. The number of nitrogens with one attached hydrogen (secondary N) is 1. The van der Waals surface area contributed by atoms with Gasteiger partial charge in [-0.05, 0) is 37.5 Å². The number of hydrogen-bond acceptors (Lipinski definition) is 1. The van der Waals surface area contributed by atoms with Gasteiger partial charge in [0.25, 0.3) is 0 Å². The first kappa shape index (κ1) is 11.6. The summed E-state index contributed by atoms with van der Waals surface area (Å²) in [7, 11) is 0. The van der Waals surface area contributed by atoms with Crippen LogP contribution >= 0.6 is 15.9 Å². The van der Waals surface area contributed by atoms with Gasteiger partial charge < -0.3 is 5.32 Å². The second-order valence-electron chi connectivity index (χ2n) is 4.41. The Morgan fingerprint density at radius 1 is 1.50 bits per heavy atom. The minimum absolute atomic E-state index is 0.0885. The number of rotatable bonds is 3. The largest absolute Gasteiger partial charge is 0.349 e. The van der Waals surface area contributed by atoms with Gasteiger partial charge in [0.2, 0.25) is 5.91 Å². The maximum absolute atomic E-state index is 11.8. The average molecular weight is 282 g/mol. The third-order valence-corrected chi connectivity index (χ3v) is 3.68. The number of amides is 1. The Bertz CT molecular complexity index is 387. The smallest absolute Gasteiger partial charge is 0.223 e. The van der Waals surface area contributed by atoms with Crippen molar-refractivity contribution in [3.63, 3.8) is 0 Å². The molecule has 0 saturated heterocycles. The van der Waals surface area contributed by atoms with E-state index in [0.29, 0.717) is 0 Å². The molecule has 2 nitrogen and oxygen atoms in total. The number of carbonyl (C=O) groups is 1. The summed E-state index contributed by atoms with van der Waals surface area (Å²) in [6, 6.07) is 8.16. The van der Waals surface area contributed by atoms with E-state index in [9.17, 15) is 4.79 Å². The van der Waals surface area contributed by atoms with Crippen LogP contribution in [0.2, 0.25) is 0 Å². The number of carbonyl (C=O) groups excluding carboxylic acids is 1. The van der Waals surface area contributed by atoms with Crippen LogP contribution in [0.5, 0.6) is 0 Å². The van der Waals surface area contributed by atoms with Gasteiger partial charge in [-0.25, -0.2) is 0 Å². The van der Waals surface area contributed by atoms with E-state index in [2.05, 4.69) is 21.2 Å². The van der Waals surface area contributed by atoms with Crippen LogP contribution in [0.1, 0.15) is 37.8 Å². The molecular weight excluding hydrogens is 266 g/mol. The molecule has 1 N–H and O–H groups in total. The van der Waals surface area contributed by atoms with Gasteiger partial charge in [0.15, 0.2) is 0 Å². The van der Waals surface area contributed by atoms with Gasteiger partial charge in [-0.3, -0.25) is 4.79 Å². The molecule has 0 spiro atoms. The van der Waals surface area contributed by atoms with Crippen molar-refractivity contribution < 1.29 is 4.79 Å². The highest BCUT2D eigenvalue weighted by molar-refractivity contribution is 9.10. The molecule has 1 aliphatic rings. The molecule has 1 aliphatic carbocycles. The van der Waals surface area contributed by atoms with Gasteiger partial charge in [0.1, 0.15) is 0 Å². The molecule has 1 aromatic rings. The van der Waals surface area contributed by atoms with E-state index in [1.165, 1.54) is 6.42 Å². The van der Waals surface area contributed by atoms with Crippen molar-refractivity contribution in [1.82, 2.24) is 5.32 Å². The Balaban J connectivity index is 1.96. The fraction of sp³-hybridized carbons (Fsp3) is 0.462. The number of benzene rings is 1. The van der Waals surface area contributed by atoms with Crippen LogP contribution in [0, 0.1) is 5.92 Å². The molecule has 1 fully saturated rings. The lowest BCUT2D eigenvalue weighted by Crippen LogP contribution is -2.35. The van der Waals surface area contributed by atoms with E-state index in [1.807, 2.05) is 31.2 Å². The Morgan fingerprint density at radius 2 is 2.25 bits per heavy atom. The van der Waals surface area contributed by atoms with Crippen LogP contribution < -0.4 is 5.32 Å². The zero-order valence-electron chi connectivity index (χ0n) is 9.37. The van der Waals surface area contributed by atoms with Crippen molar-refractivity contribution in [2.24, 2.45) is 5.92 Å². The fourth-order valence-corrected chi connectivity index (χ4v) is 2.28. The maximum Gasteiger partial charge on any atom is 0.223 e. The van der Waals surface area contributed by atoms with E-state index in [1.54, 1.807) is 0 Å². The zero-order valence-corrected chi connectivity index (χ0v) is 11.0. The van der Waals surface area contributed by atoms with Gasteiger partial charge in [-0.15, -0.1) is 0 Å². The topological polar surface area (TPSA) is 29.1 Å². The maximum atomic E-state index is 11.8. The fourth-order valence-electron chi connectivity index (χ4n) is 1.86. The van der Waals surface area contributed by atoms with Crippen molar-refractivity contribution >= 4 is 21.8 Å². The molecule has 0 aromatic heterocycles. The lowest BCUT2D eigenvalue weighted by molar-refractivity contribution is -0.128. The normalized spacial score (nSPS) is 17.6. The number of hydrogen-bond donors (Lipinski definition) is 1. The molecule has 16 heavy (non-hydrogen) atoms. The second-order valence-corrected chi connectivity index (χ2v) is 5.33. The van der Waals surface area contributed by atoms with Gasteiger partial charge in [-0.2, -0.15) is 0 Å². The van der Waals surface area contributed by atoms with E-state index in [4.69, 9.17) is 0 Å². The minimum atomic E-state index is 0.0885. The van der Waals surface area contributed by atoms with Crippen molar-refractivity contribution in [2.45, 2.75) is 32.2 Å². The average Bonchev–Trinajstić information content (AvgIpc) is 2.14. The van der Waals surface area contributed by atoms with Crippen LogP contribution in [0.3, 0.4) is 0 Å². The molecule has 0 bridgehead atoms. The predicted molar refractivity (Wildman–Crippen MR) is 68.0 cm³/mol. The van der Waals surface area contributed by atoms with Crippen LogP contribution in [0.4, 0.5) is 0 Å². The van der Waals surface area contributed by atoms with Crippen LogP contribution in [-0.2, 0) is 4.79 Å². The van der Waals surface area contributed by atoms with Gasteiger partial charge in [-0.1, -0.05) is 34.5 Å². The summed E-state index contributed by atoms with van der Waals surface area (Å²) in [6.07, 6.45) is 3.30. The monoisotopic (exact) mass is 281 g/mol. The predicted octanol–water partition coefficient (Wildman–Crippen LogP) is 3.43. The lowest BCUT2D eigenvalue weighted by atomic mass is 9.84. The Morgan fingerprint density at radius 3 is 2.81 bits per heavy atom. The SMILES string of the molecule is C[C@H](NC(=O)C1CCC1)c1cccc(Br)c1. The highest BCUT2D eigenvalue weighted by Gasteiger charge is 2.26. The first-order valence-corrected chi connectivity index (χ1v) is 6.52. The van der Waals surface area contributed by atoms with Crippen LogP contribution in [0.25, 0.3) is 0 Å². The summed E-state index contributed by atoms with van der Waals surface area (Å²) in [5, 5.41) is 3.07. The van der Waals surface area contributed by atoms with E-state index in [-0.39, 0.29) is 17.9 Å². The molecule has 2 rings (SSSR count). The van der Waals surface area contributed by atoms with Gasteiger partial charge >= 0.3 is 0 Å². The zero-order chi connectivity index (χ0) is 11.5. The third-order valence-electron chi connectivity index (χ3n) is 3.18. The van der Waals surface area contributed by atoms with E-state index >= 15 is 0 Å². The first-order valence-electron chi connectivity index (χ1n) is 5.72. The van der Waals surface area contributed by atoms with Gasteiger partial charge in [0, 0.05) is 10.4 Å². The second kappa shape index (κ2) is 5.00. The molecule has 86 valence electrons. The quantitative estimate of drug-likeness (QED) is 0.904. The van der Waals surface area contributed by atoms with Crippen LogP contribution in [-0.4, -0.2) is 5.91 Å². The molecule has 1 atom stereocenters. The lowest BCUT2D eigenvalue weighted by Gasteiger charge is -2.26. The Labute approximate surface area is 105 Å². The Kier molecular flexibility index (Phi) is 3.64. The molecule has 0 heterocycles. The summed E-state index contributed by atoms with van der Waals surface area (Å²) < 4.78 is 1.05. The Hall–Kier alpha value is -0.830. The van der Waals surface area contributed by atoms with E-state index < -0.39 is 0 Å². The molecule has 1 saturated carbocycles. The summed E-state index contributed by atoms with van der Waals surface area (Å²) in [4.78, 5) is 11.8. The standard InChI is InChI=1S/C13H16BrNO/c1-9(11-6-3-7-12(14)8-11)15-13(16)10-4-2-5-10/h3,6-10H,2,4-5H2,1H3,(H,15,16)/t9-/m0/s1. The molecular formula is C13H16BrNO. The van der Waals surface area contributed by atoms with Gasteiger partial charge in [0.05, 0.1) is 6.04 Å². The third kappa shape index (κ3) is 2.64. The van der Waals surface area contributed by atoms with Crippen molar-refractivity contribution in [1.29, 1.82) is 0 Å². The summed E-state index contributed by atoms with van der Waals surface area (Å²) >= 11 is 3.44. The number of halogens is 1. The molecule has 1 aromatic carbocycles. The van der Waals surface area contributed by atoms with Crippen molar-refractivity contribution in [3.8, 4) is 0 Å². The molecule has 0 unspecified atom stereocenters. The summed E-state index contributed by atoms with van der Waals surface area (Å²) in [5.41, 5.74) is 1.14. The van der Waals surface area contributed by atoms with Crippen LogP contribution in [0.15, 0.2) is 28.7 Å². The van der Waals surface area contributed by atoms with E-state index in [0.717, 1.165) is 22.9 Å². The minimum Gasteiger partial charge on any atom is -0.349 e. The molecule has 1 amide bonds. The highest BCUT2D eigenvalue weighted by atomic mass is 79.9. The summed E-state index contributed by atoms with van der Waals surface area (Å²) in [6.45, 7) is 2.03. The summed E-state index contributed by atoms with van der Waals surface area (Å²) in [5.74, 6) is 0.466. The molecule has 3 heteroatoms. The van der Waals surface area contributed by atoms with Crippen molar-refractivity contribution in [3.05, 3.63) is 34.3 Å². The molecule has 0 radical (unpaired) electrons. The molecule has 0 aliphatic heterocycles. The highest BCUT2D eigenvalue weighted by Crippen LogP contribution is 2.27.